The number of halogens is 1. The molecule has 0 bridgehead atoms. The van der Waals surface area contributed by atoms with Gasteiger partial charge in [-0.15, -0.1) is 11.6 Å². The molecule has 0 aromatic heterocycles. The van der Waals surface area contributed by atoms with Crippen molar-refractivity contribution in [2.24, 2.45) is 0 Å². The largest absolute Gasteiger partial charge is 0.324 e. The van der Waals surface area contributed by atoms with Crippen molar-refractivity contribution >= 4 is 33.0 Å². The fourth-order valence-electron chi connectivity index (χ4n) is 2.80. The zero-order chi connectivity index (χ0) is 17.0. The van der Waals surface area contributed by atoms with Crippen molar-refractivity contribution in [3.63, 3.8) is 0 Å². The number of carbonyl (C=O) groups excluding carboxylic acids is 1. The smallest absolute Gasteiger partial charge is 0.238 e. The van der Waals surface area contributed by atoms with Gasteiger partial charge < -0.3 is 10.6 Å². The second-order valence-corrected chi connectivity index (χ2v) is 8.50. The Morgan fingerprint density at radius 2 is 1.83 bits per heavy atom. The summed E-state index contributed by atoms with van der Waals surface area (Å²) in [5, 5.41) is 5.42. The van der Waals surface area contributed by atoms with Crippen molar-refractivity contribution in [2.45, 2.75) is 38.1 Å². The molecule has 1 aliphatic rings. The Bertz CT molecular complexity index is 654. The molecule has 0 aliphatic carbocycles. The molecule has 1 aliphatic heterocycles. The number of sulfone groups is 1. The van der Waals surface area contributed by atoms with Gasteiger partial charge in [-0.3, -0.25) is 4.79 Å². The zero-order valence-corrected chi connectivity index (χ0v) is 15.0. The van der Waals surface area contributed by atoms with Gasteiger partial charge in [-0.2, -0.15) is 0 Å². The first kappa shape index (κ1) is 18.2. The maximum Gasteiger partial charge on any atom is 0.238 e. The summed E-state index contributed by atoms with van der Waals surface area (Å²) in [5.41, 5.74) is 3.05. The van der Waals surface area contributed by atoms with Crippen LogP contribution >= 0.6 is 11.6 Å². The second-order valence-electron chi connectivity index (χ2n) is 5.79. The monoisotopic (exact) mass is 358 g/mol. The van der Waals surface area contributed by atoms with Crippen LogP contribution in [0.25, 0.3) is 0 Å². The lowest BCUT2D eigenvalue weighted by atomic mass is 10.0. The molecule has 1 heterocycles. The van der Waals surface area contributed by atoms with E-state index in [0.717, 1.165) is 29.7 Å². The lowest BCUT2D eigenvalue weighted by Crippen LogP contribution is -2.41. The molecule has 1 aromatic rings. The van der Waals surface area contributed by atoms with Gasteiger partial charge in [0.05, 0.1) is 23.4 Å². The highest BCUT2D eigenvalue weighted by molar-refractivity contribution is 7.91. The number of alkyl halides is 1. The molecule has 1 aromatic carbocycles. The highest BCUT2D eigenvalue weighted by Crippen LogP contribution is 2.22. The molecule has 0 saturated carbocycles. The summed E-state index contributed by atoms with van der Waals surface area (Å²) >= 11 is 6.03. The molecule has 7 heteroatoms. The number of aryl methyl sites for hydroxylation is 2. The standard InChI is InChI=1S/C16H23ClN2O3S/c1-3-11-6-5-7-12(4-2)16(11)19-15(20)8-18-14-10-23(21,22)9-13(14)17/h5-7,13-14,18H,3-4,8-10H2,1-2H3,(H,19,20). The van der Waals surface area contributed by atoms with Crippen LogP contribution in [0.15, 0.2) is 18.2 Å². The number of amides is 1. The van der Waals surface area contributed by atoms with Crippen molar-refractivity contribution in [1.29, 1.82) is 0 Å². The summed E-state index contributed by atoms with van der Waals surface area (Å²) in [6.07, 6.45) is 1.67. The number of carbonyl (C=O) groups is 1. The molecule has 2 atom stereocenters. The van der Waals surface area contributed by atoms with E-state index in [-0.39, 0.29) is 30.0 Å². The van der Waals surface area contributed by atoms with Gasteiger partial charge in [0.15, 0.2) is 9.84 Å². The van der Waals surface area contributed by atoms with Crippen LogP contribution in [0.1, 0.15) is 25.0 Å². The van der Waals surface area contributed by atoms with Gasteiger partial charge in [0, 0.05) is 11.7 Å². The van der Waals surface area contributed by atoms with Crippen LogP contribution in [0, 0.1) is 0 Å². The van der Waals surface area contributed by atoms with Crippen molar-refractivity contribution < 1.29 is 13.2 Å². The van der Waals surface area contributed by atoms with Crippen LogP contribution in [0.4, 0.5) is 5.69 Å². The van der Waals surface area contributed by atoms with E-state index in [1.54, 1.807) is 0 Å². The molecule has 1 saturated heterocycles. The Labute approximate surface area is 142 Å². The Hall–Kier alpha value is -1.11. The summed E-state index contributed by atoms with van der Waals surface area (Å²) < 4.78 is 23.1. The maximum absolute atomic E-state index is 12.2. The van der Waals surface area contributed by atoms with Crippen molar-refractivity contribution in [2.75, 3.05) is 23.4 Å². The quantitative estimate of drug-likeness (QED) is 0.759. The topological polar surface area (TPSA) is 75.3 Å². The average Bonchev–Trinajstić information content (AvgIpc) is 2.77. The SMILES string of the molecule is CCc1cccc(CC)c1NC(=O)CNC1CS(=O)(=O)CC1Cl. The predicted octanol–water partition coefficient (Wildman–Crippen LogP) is 1.74. The van der Waals surface area contributed by atoms with Gasteiger partial charge in [-0.1, -0.05) is 32.0 Å². The van der Waals surface area contributed by atoms with Gasteiger partial charge in [0.25, 0.3) is 0 Å². The first-order valence-electron chi connectivity index (χ1n) is 7.84. The van der Waals surface area contributed by atoms with Crippen LogP contribution in [0.2, 0.25) is 0 Å². The maximum atomic E-state index is 12.2. The number of nitrogens with one attached hydrogen (secondary N) is 2. The van der Waals surface area contributed by atoms with E-state index in [9.17, 15) is 13.2 Å². The minimum Gasteiger partial charge on any atom is -0.324 e. The molecular formula is C16H23ClN2O3S. The molecule has 0 spiro atoms. The molecule has 2 unspecified atom stereocenters. The highest BCUT2D eigenvalue weighted by atomic mass is 35.5. The Balaban J connectivity index is 1.98. The highest BCUT2D eigenvalue weighted by Gasteiger charge is 2.36. The molecule has 0 radical (unpaired) electrons. The number of hydrogen-bond acceptors (Lipinski definition) is 4. The van der Waals surface area contributed by atoms with Gasteiger partial charge in [0.2, 0.25) is 5.91 Å². The van der Waals surface area contributed by atoms with Gasteiger partial charge in [0.1, 0.15) is 0 Å². The molecule has 1 fully saturated rings. The Morgan fingerprint density at radius 3 is 2.30 bits per heavy atom. The molecule has 5 nitrogen and oxygen atoms in total. The van der Waals surface area contributed by atoms with E-state index in [0.29, 0.717) is 0 Å². The minimum absolute atomic E-state index is 0.0137. The van der Waals surface area contributed by atoms with Gasteiger partial charge in [-0.05, 0) is 24.0 Å². The third-order valence-electron chi connectivity index (χ3n) is 4.07. The Morgan fingerprint density at radius 1 is 1.22 bits per heavy atom. The van der Waals surface area contributed by atoms with Crippen LogP contribution in [-0.4, -0.2) is 43.8 Å². The van der Waals surface area contributed by atoms with E-state index in [1.165, 1.54) is 0 Å². The average molecular weight is 359 g/mol. The number of rotatable bonds is 6. The summed E-state index contributed by atoms with van der Waals surface area (Å²) in [5.74, 6) is -0.235. The Kier molecular flexibility index (Phi) is 6.06. The van der Waals surface area contributed by atoms with Crippen molar-refractivity contribution in [1.82, 2.24) is 5.32 Å². The predicted molar refractivity (Wildman–Crippen MR) is 93.9 cm³/mol. The van der Waals surface area contributed by atoms with Crippen LogP contribution in [0.3, 0.4) is 0 Å². The minimum atomic E-state index is -3.10. The molecule has 23 heavy (non-hydrogen) atoms. The fourth-order valence-corrected chi connectivity index (χ4v) is 5.41. The first-order valence-corrected chi connectivity index (χ1v) is 10.1. The van der Waals surface area contributed by atoms with E-state index in [4.69, 9.17) is 11.6 Å². The van der Waals surface area contributed by atoms with Crippen LogP contribution < -0.4 is 10.6 Å². The number of para-hydroxylation sites is 1. The normalized spacial score (nSPS) is 22.9. The molecular weight excluding hydrogens is 336 g/mol. The number of hydrogen-bond donors (Lipinski definition) is 2. The summed E-state index contributed by atoms with van der Waals surface area (Å²) in [6, 6.07) is 5.62. The number of anilines is 1. The summed E-state index contributed by atoms with van der Waals surface area (Å²) in [7, 11) is -3.10. The van der Waals surface area contributed by atoms with E-state index < -0.39 is 15.2 Å². The third kappa shape index (κ3) is 4.68. The van der Waals surface area contributed by atoms with E-state index in [2.05, 4.69) is 10.6 Å². The second kappa shape index (κ2) is 7.64. The summed E-state index contributed by atoms with van der Waals surface area (Å²) in [4.78, 5) is 12.2. The molecule has 2 rings (SSSR count). The summed E-state index contributed by atoms with van der Waals surface area (Å²) in [6.45, 7) is 4.14. The lowest BCUT2D eigenvalue weighted by Gasteiger charge is -2.17. The first-order chi connectivity index (χ1) is 10.9. The van der Waals surface area contributed by atoms with Crippen LogP contribution in [0.5, 0.6) is 0 Å². The van der Waals surface area contributed by atoms with Gasteiger partial charge in [-0.25, -0.2) is 8.42 Å². The third-order valence-corrected chi connectivity index (χ3v) is 6.45. The van der Waals surface area contributed by atoms with Crippen molar-refractivity contribution in [3.8, 4) is 0 Å². The molecule has 2 N–H and O–H groups in total. The van der Waals surface area contributed by atoms with Gasteiger partial charge >= 0.3 is 0 Å². The lowest BCUT2D eigenvalue weighted by molar-refractivity contribution is -0.115. The van der Waals surface area contributed by atoms with E-state index >= 15 is 0 Å². The molecule has 1 amide bonds. The fraction of sp³-hybridized carbons (Fsp3) is 0.562. The van der Waals surface area contributed by atoms with E-state index in [1.807, 2.05) is 32.0 Å². The number of benzene rings is 1. The van der Waals surface area contributed by atoms with Crippen molar-refractivity contribution in [3.05, 3.63) is 29.3 Å². The van der Waals surface area contributed by atoms with Crippen LogP contribution in [-0.2, 0) is 27.5 Å². The zero-order valence-electron chi connectivity index (χ0n) is 13.4. The molecule has 128 valence electrons.